The number of alkyl halides is 3. The summed E-state index contributed by atoms with van der Waals surface area (Å²) in [5, 5.41) is 4.61. The number of hydrogen-bond acceptors (Lipinski definition) is 2. The molecule has 1 aliphatic heterocycles. The Morgan fingerprint density at radius 3 is 2.65 bits per heavy atom. The van der Waals surface area contributed by atoms with Crippen molar-refractivity contribution in [3.05, 3.63) is 29.0 Å². The molecule has 0 saturated carbocycles. The molecule has 1 aromatic rings. The lowest BCUT2D eigenvalue weighted by molar-refractivity contribution is -0.213. The highest BCUT2D eigenvalue weighted by atomic mass is 35.5. The van der Waals surface area contributed by atoms with Crippen molar-refractivity contribution in [2.45, 2.75) is 12.6 Å². The van der Waals surface area contributed by atoms with Crippen LogP contribution in [0.3, 0.4) is 0 Å². The van der Waals surface area contributed by atoms with E-state index >= 15 is 0 Å². The van der Waals surface area contributed by atoms with Crippen LogP contribution in [-0.2, 0) is 4.79 Å². The lowest BCUT2D eigenvalue weighted by Crippen LogP contribution is -2.49. The summed E-state index contributed by atoms with van der Waals surface area (Å²) in [5.74, 6) is -2.12. The summed E-state index contributed by atoms with van der Waals surface area (Å²) < 4.78 is 52.9. The Balaban J connectivity index is 2.28. The third-order valence-electron chi connectivity index (χ3n) is 3.31. The van der Waals surface area contributed by atoms with Crippen LogP contribution in [0.15, 0.2) is 18.2 Å². The summed E-state index contributed by atoms with van der Waals surface area (Å²) in [6.45, 7) is -0.449. The Hall–Kier alpha value is -1.34. The first-order chi connectivity index (χ1) is 9.26. The van der Waals surface area contributed by atoms with Gasteiger partial charge in [-0.2, -0.15) is 13.2 Å². The molecule has 1 aliphatic rings. The third-order valence-corrected chi connectivity index (χ3v) is 3.54. The summed E-state index contributed by atoms with van der Waals surface area (Å²) in [6, 6.07) is 3.29. The highest BCUT2D eigenvalue weighted by Gasteiger charge is 2.61. The van der Waals surface area contributed by atoms with Crippen molar-refractivity contribution >= 4 is 23.2 Å². The van der Waals surface area contributed by atoms with E-state index in [1.54, 1.807) is 0 Å². The van der Waals surface area contributed by atoms with Crippen molar-refractivity contribution in [3.8, 4) is 0 Å². The Morgan fingerprint density at radius 1 is 1.40 bits per heavy atom. The number of carbonyl (C=O) groups is 1. The van der Waals surface area contributed by atoms with Crippen molar-refractivity contribution < 1.29 is 22.4 Å². The van der Waals surface area contributed by atoms with Gasteiger partial charge in [0.05, 0.1) is 5.69 Å². The first kappa shape index (κ1) is 15.1. The number of anilines is 1. The minimum atomic E-state index is -4.71. The molecule has 1 saturated heterocycles. The number of amides is 1. The monoisotopic (exact) mass is 310 g/mol. The molecule has 1 fully saturated rings. The van der Waals surface area contributed by atoms with E-state index in [0.717, 1.165) is 12.1 Å². The lowest BCUT2D eigenvalue weighted by atomic mass is 9.85. The molecule has 110 valence electrons. The number of rotatable bonds is 2. The minimum absolute atomic E-state index is 0.0744. The first-order valence-corrected chi connectivity index (χ1v) is 6.18. The lowest BCUT2D eigenvalue weighted by Gasteiger charge is -2.29. The number of halogens is 5. The van der Waals surface area contributed by atoms with Gasteiger partial charge in [0.1, 0.15) is 5.82 Å². The van der Waals surface area contributed by atoms with E-state index in [9.17, 15) is 22.4 Å². The molecule has 8 heteroatoms. The van der Waals surface area contributed by atoms with Crippen LogP contribution in [0.2, 0.25) is 5.02 Å². The molecule has 1 atom stereocenters. The predicted molar refractivity (Wildman–Crippen MR) is 66.0 cm³/mol. The van der Waals surface area contributed by atoms with Gasteiger partial charge in [-0.1, -0.05) is 11.6 Å². The summed E-state index contributed by atoms with van der Waals surface area (Å²) in [6.07, 6.45) is -5.10. The summed E-state index contributed by atoms with van der Waals surface area (Å²) >= 11 is 5.63. The highest BCUT2D eigenvalue weighted by molar-refractivity contribution is 6.30. The van der Waals surface area contributed by atoms with Crippen LogP contribution >= 0.6 is 11.6 Å². The average Bonchev–Trinajstić information content (AvgIpc) is 2.83. The fourth-order valence-electron chi connectivity index (χ4n) is 2.09. The van der Waals surface area contributed by atoms with Gasteiger partial charge in [-0.3, -0.25) is 4.79 Å². The predicted octanol–water partition coefficient (Wildman–Crippen LogP) is 2.96. The van der Waals surface area contributed by atoms with E-state index in [1.807, 2.05) is 5.32 Å². The Labute approximate surface area is 117 Å². The molecule has 1 amide bonds. The van der Waals surface area contributed by atoms with Crippen molar-refractivity contribution in [2.24, 2.45) is 5.41 Å². The maximum Gasteiger partial charge on any atom is 0.404 e. The Kier molecular flexibility index (Phi) is 3.93. The van der Waals surface area contributed by atoms with Gasteiger partial charge in [0.25, 0.3) is 0 Å². The second-order valence-electron chi connectivity index (χ2n) is 4.58. The maximum absolute atomic E-state index is 13.5. The van der Waals surface area contributed by atoms with Gasteiger partial charge in [0.15, 0.2) is 5.41 Å². The molecule has 1 heterocycles. The first-order valence-electron chi connectivity index (χ1n) is 5.80. The van der Waals surface area contributed by atoms with Crippen molar-refractivity contribution in [1.82, 2.24) is 5.32 Å². The van der Waals surface area contributed by atoms with E-state index in [4.69, 9.17) is 11.6 Å². The molecule has 1 aromatic carbocycles. The second kappa shape index (κ2) is 5.21. The Morgan fingerprint density at radius 2 is 2.10 bits per heavy atom. The summed E-state index contributed by atoms with van der Waals surface area (Å²) in [5.41, 5.74) is -2.90. The molecule has 0 spiro atoms. The highest BCUT2D eigenvalue weighted by Crippen LogP contribution is 2.44. The molecule has 20 heavy (non-hydrogen) atoms. The molecule has 0 aliphatic carbocycles. The normalized spacial score (nSPS) is 22.9. The van der Waals surface area contributed by atoms with Crippen LogP contribution in [0.4, 0.5) is 23.2 Å². The van der Waals surface area contributed by atoms with Gasteiger partial charge in [0, 0.05) is 11.6 Å². The van der Waals surface area contributed by atoms with E-state index in [-0.39, 0.29) is 23.7 Å². The van der Waals surface area contributed by atoms with Crippen molar-refractivity contribution in [2.75, 3.05) is 18.4 Å². The molecule has 1 unspecified atom stereocenters. The van der Waals surface area contributed by atoms with E-state index in [0.29, 0.717) is 0 Å². The molecule has 0 aromatic heterocycles. The number of nitrogens with one attached hydrogen (secondary N) is 2. The van der Waals surface area contributed by atoms with Crippen LogP contribution in [0.25, 0.3) is 0 Å². The van der Waals surface area contributed by atoms with Crippen LogP contribution in [-0.4, -0.2) is 25.2 Å². The number of benzene rings is 1. The molecular formula is C12H11ClF4N2O. The zero-order valence-corrected chi connectivity index (χ0v) is 10.9. The molecule has 2 N–H and O–H groups in total. The smallest absolute Gasteiger partial charge is 0.323 e. The van der Waals surface area contributed by atoms with Gasteiger partial charge in [-0.25, -0.2) is 4.39 Å². The molecule has 0 radical (unpaired) electrons. The van der Waals surface area contributed by atoms with Crippen LogP contribution in [0.1, 0.15) is 6.42 Å². The third kappa shape index (κ3) is 2.60. The topological polar surface area (TPSA) is 41.1 Å². The largest absolute Gasteiger partial charge is 0.404 e. The van der Waals surface area contributed by atoms with Crippen LogP contribution in [0, 0.1) is 11.2 Å². The molecule has 3 nitrogen and oxygen atoms in total. The van der Waals surface area contributed by atoms with Crippen molar-refractivity contribution in [1.29, 1.82) is 0 Å². The summed E-state index contributed by atoms with van der Waals surface area (Å²) in [4.78, 5) is 12.0. The van der Waals surface area contributed by atoms with Gasteiger partial charge >= 0.3 is 6.18 Å². The van der Waals surface area contributed by atoms with E-state index in [1.165, 1.54) is 6.07 Å². The number of hydrogen-bond donors (Lipinski definition) is 2. The number of carbonyl (C=O) groups excluding carboxylic acids is 1. The minimum Gasteiger partial charge on any atom is -0.323 e. The SMILES string of the molecule is O=C(Nc1cc(Cl)ccc1F)C1(C(F)(F)F)CCNC1. The zero-order chi connectivity index (χ0) is 15.0. The molecule has 0 bridgehead atoms. The second-order valence-corrected chi connectivity index (χ2v) is 5.02. The van der Waals surface area contributed by atoms with Crippen LogP contribution in [0.5, 0.6) is 0 Å². The quantitative estimate of drug-likeness (QED) is 0.825. The van der Waals surface area contributed by atoms with Gasteiger partial charge in [-0.15, -0.1) is 0 Å². The van der Waals surface area contributed by atoms with Gasteiger partial charge < -0.3 is 10.6 Å². The summed E-state index contributed by atoms with van der Waals surface area (Å²) in [7, 11) is 0. The Bertz CT molecular complexity index is 527. The molecule has 2 rings (SSSR count). The van der Waals surface area contributed by atoms with E-state index in [2.05, 4.69) is 5.32 Å². The van der Waals surface area contributed by atoms with Gasteiger partial charge in [-0.05, 0) is 31.2 Å². The van der Waals surface area contributed by atoms with E-state index < -0.39 is 29.9 Å². The standard InChI is InChI=1S/C12H11ClF4N2O/c13-7-1-2-8(14)9(5-7)19-10(20)11(12(15,16)17)3-4-18-6-11/h1-2,5,18H,3-4,6H2,(H,19,20). The fourth-order valence-corrected chi connectivity index (χ4v) is 2.26. The van der Waals surface area contributed by atoms with Gasteiger partial charge in [0.2, 0.25) is 5.91 Å². The van der Waals surface area contributed by atoms with Crippen LogP contribution < -0.4 is 10.6 Å². The average molecular weight is 311 g/mol. The van der Waals surface area contributed by atoms with Crippen molar-refractivity contribution in [3.63, 3.8) is 0 Å². The maximum atomic E-state index is 13.5. The zero-order valence-electron chi connectivity index (χ0n) is 10.2. The fraction of sp³-hybridized carbons (Fsp3) is 0.417. The molecular weight excluding hydrogens is 300 g/mol.